The van der Waals surface area contributed by atoms with Crippen LogP contribution in [-0.4, -0.2) is 45.2 Å². The molecule has 1 aliphatic rings. The average Bonchev–Trinajstić information content (AvgIpc) is 2.30. The molecule has 0 bridgehead atoms. The zero-order valence-corrected chi connectivity index (χ0v) is 9.94. The molecule has 1 aliphatic heterocycles. The lowest BCUT2D eigenvalue weighted by Crippen LogP contribution is -2.44. The Hall–Kier alpha value is -1.42. The highest BCUT2D eigenvalue weighted by Crippen LogP contribution is 2.27. The van der Waals surface area contributed by atoms with Crippen molar-refractivity contribution in [3.8, 4) is 5.75 Å². The summed E-state index contributed by atoms with van der Waals surface area (Å²) in [5.74, 6) is 0.748. The first-order valence-electron chi connectivity index (χ1n) is 5.57. The molecule has 16 heavy (non-hydrogen) atoms. The average molecular weight is 221 g/mol. The highest BCUT2D eigenvalue weighted by atomic mass is 16.5. The molecule has 0 atom stereocenters. The van der Waals surface area contributed by atoms with Crippen molar-refractivity contribution in [2.75, 3.05) is 51.0 Å². The van der Waals surface area contributed by atoms with E-state index in [-0.39, 0.29) is 0 Å². The molecule has 2 rings (SSSR count). The van der Waals surface area contributed by atoms with Gasteiger partial charge in [-0.1, -0.05) is 0 Å². The molecule has 88 valence electrons. The van der Waals surface area contributed by atoms with Gasteiger partial charge < -0.3 is 20.3 Å². The number of ether oxygens (including phenoxy) is 1. The van der Waals surface area contributed by atoms with Crippen molar-refractivity contribution in [3.63, 3.8) is 0 Å². The van der Waals surface area contributed by atoms with E-state index in [1.807, 2.05) is 12.1 Å². The summed E-state index contributed by atoms with van der Waals surface area (Å²) in [6.45, 7) is 4.32. The van der Waals surface area contributed by atoms with Crippen LogP contribution in [0.4, 0.5) is 11.4 Å². The van der Waals surface area contributed by atoms with Gasteiger partial charge in [0.2, 0.25) is 0 Å². The van der Waals surface area contributed by atoms with E-state index in [1.165, 1.54) is 5.69 Å². The van der Waals surface area contributed by atoms with Crippen LogP contribution in [0.2, 0.25) is 0 Å². The maximum Gasteiger partial charge on any atom is 0.141 e. The smallest absolute Gasteiger partial charge is 0.141 e. The summed E-state index contributed by atoms with van der Waals surface area (Å²) >= 11 is 0. The van der Waals surface area contributed by atoms with Crippen molar-refractivity contribution in [2.45, 2.75) is 0 Å². The molecule has 0 amide bonds. The molecule has 4 nitrogen and oxygen atoms in total. The second-order valence-corrected chi connectivity index (χ2v) is 4.22. The molecule has 4 heteroatoms. The molecule has 0 radical (unpaired) electrons. The van der Waals surface area contributed by atoms with Gasteiger partial charge in [0.25, 0.3) is 0 Å². The van der Waals surface area contributed by atoms with Gasteiger partial charge in [-0.3, -0.25) is 0 Å². The number of nitrogen functional groups attached to an aromatic ring is 1. The minimum atomic E-state index is 0.707. The van der Waals surface area contributed by atoms with Crippen LogP contribution in [0.25, 0.3) is 0 Å². The summed E-state index contributed by atoms with van der Waals surface area (Å²) in [4.78, 5) is 4.69. The van der Waals surface area contributed by atoms with E-state index < -0.39 is 0 Å². The predicted molar refractivity (Wildman–Crippen MR) is 67.1 cm³/mol. The van der Waals surface area contributed by atoms with E-state index in [1.54, 1.807) is 7.11 Å². The fourth-order valence-corrected chi connectivity index (χ4v) is 1.98. The van der Waals surface area contributed by atoms with Crippen molar-refractivity contribution < 1.29 is 4.74 Å². The minimum Gasteiger partial charge on any atom is -0.495 e. The van der Waals surface area contributed by atoms with E-state index >= 15 is 0 Å². The summed E-state index contributed by atoms with van der Waals surface area (Å²) in [6.07, 6.45) is 0. The number of nitrogens with zero attached hydrogens (tertiary/aromatic N) is 2. The number of anilines is 2. The summed E-state index contributed by atoms with van der Waals surface area (Å²) in [7, 11) is 3.79. The molecule has 0 unspecified atom stereocenters. The maximum absolute atomic E-state index is 5.90. The fraction of sp³-hybridized carbons (Fsp3) is 0.500. The monoisotopic (exact) mass is 221 g/mol. The van der Waals surface area contributed by atoms with Gasteiger partial charge in [-0.05, 0) is 25.2 Å². The van der Waals surface area contributed by atoms with Gasteiger partial charge in [-0.2, -0.15) is 0 Å². The number of likely N-dealkylation sites (N-methyl/N-ethyl adjacent to an activating group) is 1. The van der Waals surface area contributed by atoms with E-state index in [0.717, 1.165) is 31.9 Å². The summed E-state index contributed by atoms with van der Waals surface area (Å²) in [6, 6.07) is 5.99. The van der Waals surface area contributed by atoms with Crippen molar-refractivity contribution in [2.24, 2.45) is 0 Å². The largest absolute Gasteiger partial charge is 0.495 e. The summed E-state index contributed by atoms with van der Waals surface area (Å²) in [5.41, 5.74) is 7.80. The Morgan fingerprint density at radius 1 is 1.19 bits per heavy atom. The Bertz CT molecular complexity index is 359. The first-order valence-corrected chi connectivity index (χ1v) is 5.57. The van der Waals surface area contributed by atoms with Gasteiger partial charge in [0.15, 0.2) is 0 Å². The zero-order chi connectivity index (χ0) is 11.5. The molecule has 0 spiro atoms. The quantitative estimate of drug-likeness (QED) is 0.757. The molecule has 0 saturated carbocycles. The van der Waals surface area contributed by atoms with Crippen molar-refractivity contribution >= 4 is 11.4 Å². The predicted octanol–water partition coefficient (Wildman–Crippen LogP) is 1.03. The number of piperazine rings is 1. The molecule has 0 aliphatic carbocycles. The Morgan fingerprint density at radius 2 is 1.88 bits per heavy atom. The zero-order valence-electron chi connectivity index (χ0n) is 9.94. The number of nitrogens with two attached hydrogens (primary N) is 1. The normalized spacial score (nSPS) is 17.5. The van der Waals surface area contributed by atoms with Crippen LogP contribution in [0.5, 0.6) is 5.75 Å². The third-order valence-corrected chi connectivity index (χ3v) is 3.08. The van der Waals surface area contributed by atoms with Crippen LogP contribution in [0.3, 0.4) is 0 Å². The van der Waals surface area contributed by atoms with Gasteiger partial charge in [0.05, 0.1) is 12.8 Å². The van der Waals surface area contributed by atoms with E-state index in [2.05, 4.69) is 22.9 Å². The lowest BCUT2D eigenvalue weighted by atomic mass is 10.2. The van der Waals surface area contributed by atoms with Crippen molar-refractivity contribution in [3.05, 3.63) is 18.2 Å². The SMILES string of the molecule is COc1ccc(N2CCN(C)CC2)cc1N. The van der Waals surface area contributed by atoms with Gasteiger partial charge in [-0.25, -0.2) is 0 Å². The third kappa shape index (κ3) is 2.22. The fourth-order valence-electron chi connectivity index (χ4n) is 1.98. The molecular formula is C12H19N3O. The lowest BCUT2D eigenvalue weighted by Gasteiger charge is -2.34. The van der Waals surface area contributed by atoms with Crippen molar-refractivity contribution in [1.29, 1.82) is 0 Å². The molecule has 1 saturated heterocycles. The topological polar surface area (TPSA) is 41.7 Å². The Labute approximate surface area is 96.6 Å². The first kappa shape index (κ1) is 11.1. The van der Waals surface area contributed by atoms with Crippen LogP contribution in [0, 0.1) is 0 Å². The maximum atomic E-state index is 5.90. The highest BCUT2D eigenvalue weighted by molar-refractivity contribution is 5.63. The number of hydrogen-bond acceptors (Lipinski definition) is 4. The minimum absolute atomic E-state index is 0.707. The highest BCUT2D eigenvalue weighted by Gasteiger charge is 2.14. The van der Waals surface area contributed by atoms with Crippen LogP contribution >= 0.6 is 0 Å². The van der Waals surface area contributed by atoms with Crippen LogP contribution in [0.1, 0.15) is 0 Å². The second-order valence-electron chi connectivity index (χ2n) is 4.22. The summed E-state index contributed by atoms with van der Waals surface area (Å²) < 4.78 is 5.15. The third-order valence-electron chi connectivity index (χ3n) is 3.08. The Morgan fingerprint density at radius 3 is 2.44 bits per heavy atom. The van der Waals surface area contributed by atoms with E-state index in [0.29, 0.717) is 5.69 Å². The van der Waals surface area contributed by atoms with Crippen LogP contribution < -0.4 is 15.4 Å². The molecule has 1 heterocycles. The van der Waals surface area contributed by atoms with Crippen LogP contribution in [-0.2, 0) is 0 Å². The standard InChI is InChI=1S/C12H19N3O/c1-14-5-7-15(8-6-14)10-3-4-12(16-2)11(13)9-10/h3-4,9H,5-8,13H2,1-2H3. The van der Waals surface area contributed by atoms with Crippen molar-refractivity contribution in [1.82, 2.24) is 4.90 Å². The van der Waals surface area contributed by atoms with Crippen LogP contribution in [0.15, 0.2) is 18.2 Å². The Kier molecular flexibility index (Phi) is 3.19. The Balaban J connectivity index is 2.12. The van der Waals surface area contributed by atoms with Gasteiger partial charge in [0.1, 0.15) is 5.75 Å². The van der Waals surface area contributed by atoms with Gasteiger partial charge in [-0.15, -0.1) is 0 Å². The molecule has 2 N–H and O–H groups in total. The number of methoxy groups -OCH3 is 1. The molecule has 1 aromatic rings. The van der Waals surface area contributed by atoms with Gasteiger partial charge >= 0.3 is 0 Å². The van der Waals surface area contributed by atoms with Gasteiger partial charge in [0, 0.05) is 31.9 Å². The molecule has 0 aromatic heterocycles. The van der Waals surface area contributed by atoms with E-state index in [9.17, 15) is 0 Å². The number of rotatable bonds is 2. The number of hydrogen-bond donors (Lipinski definition) is 1. The lowest BCUT2D eigenvalue weighted by molar-refractivity contribution is 0.313. The van der Waals surface area contributed by atoms with E-state index in [4.69, 9.17) is 10.5 Å². The number of benzene rings is 1. The molecule has 1 aromatic carbocycles. The second kappa shape index (κ2) is 4.61. The summed E-state index contributed by atoms with van der Waals surface area (Å²) in [5, 5.41) is 0. The first-order chi connectivity index (χ1) is 7.70. The molecule has 1 fully saturated rings. The molecular weight excluding hydrogens is 202 g/mol.